The van der Waals surface area contributed by atoms with E-state index in [0.717, 1.165) is 19.3 Å². The highest BCUT2D eigenvalue weighted by molar-refractivity contribution is 7.26. The predicted octanol–water partition coefficient (Wildman–Crippen LogP) is 1.61. The first kappa shape index (κ1) is 12.7. The largest absolute Gasteiger partial charge is 0.396 e. The fraction of sp³-hybridized carbons (Fsp3) is 1.00. The van der Waals surface area contributed by atoms with Crippen molar-refractivity contribution < 1.29 is 23.2 Å². The van der Waals surface area contributed by atoms with Gasteiger partial charge in [-0.3, -0.25) is 0 Å². The lowest BCUT2D eigenvalue weighted by molar-refractivity contribution is -0.175. The third-order valence-electron chi connectivity index (χ3n) is 4.20. The number of hydrogen-bond donors (Lipinski definition) is 1. The van der Waals surface area contributed by atoms with Crippen LogP contribution in [0.25, 0.3) is 0 Å². The Hall–Kier alpha value is 0.660. The van der Waals surface area contributed by atoms with Crippen LogP contribution in [0.2, 0.25) is 0 Å². The highest BCUT2D eigenvalue weighted by Gasteiger charge is 2.57. The summed E-state index contributed by atoms with van der Waals surface area (Å²) in [6, 6.07) is 0. The summed E-state index contributed by atoms with van der Waals surface area (Å²) in [7, 11) is 0.219. The molecule has 3 atom stereocenters. The molecule has 1 spiro atoms. The summed E-state index contributed by atoms with van der Waals surface area (Å²) in [5.74, 6) is 0. The maximum Gasteiger partial charge on any atom is 0.155 e. The van der Waals surface area contributed by atoms with Gasteiger partial charge >= 0.3 is 0 Å². The molecule has 0 radical (unpaired) electrons. The summed E-state index contributed by atoms with van der Waals surface area (Å²) in [4.78, 5) is 0. The van der Waals surface area contributed by atoms with E-state index >= 15 is 0 Å². The van der Waals surface area contributed by atoms with Crippen molar-refractivity contribution in [2.45, 2.75) is 25.4 Å². The van der Waals surface area contributed by atoms with Gasteiger partial charge < -0.3 is 23.2 Å². The molecule has 1 saturated carbocycles. The molecule has 0 aromatic carbocycles. The first-order chi connectivity index (χ1) is 8.31. The van der Waals surface area contributed by atoms with Gasteiger partial charge in [-0.05, 0) is 12.8 Å². The van der Waals surface area contributed by atoms with Crippen LogP contribution in [-0.4, -0.2) is 37.6 Å². The zero-order valence-electron chi connectivity index (χ0n) is 9.61. The molecule has 98 valence electrons. The van der Waals surface area contributed by atoms with Gasteiger partial charge in [-0.1, -0.05) is 6.42 Å². The van der Waals surface area contributed by atoms with E-state index in [-0.39, 0.29) is 41.6 Å². The first-order valence-corrected chi connectivity index (χ1v) is 7.57. The molecule has 0 aromatic heterocycles. The number of aliphatic hydroxyl groups is 1. The van der Waals surface area contributed by atoms with Crippen molar-refractivity contribution in [3.8, 4) is 0 Å². The van der Waals surface area contributed by atoms with Gasteiger partial charge in [0.25, 0.3) is 0 Å². The van der Waals surface area contributed by atoms with Crippen LogP contribution in [0.3, 0.4) is 0 Å². The van der Waals surface area contributed by atoms with E-state index in [2.05, 4.69) is 0 Å². The van der Waals surface area contributed by atoms with Crippen molar-refractivity contribution in [3.63, 3.8) is 0 Å². The summed E-state index contributed by atoms with van der Waals surface area (Å²) < 4.78 is 22.3. The van der Waals surface area contributed by atoms with E-state index in [9.17, 15) is 5.11 Å². The van der Waals surface area contributed by atoms with Crippen molar-refractivity contribution in [2.24, 2.45) is 10.8 Å². The van der Waals surface area contributed by atoms with Crippen LogP contribution >= 0.6 is 18.1 Å². The number of fused-ring (bicyclic) bond motifs is 2. The lowest BCUT2D eigenvalue weighted by Crippen LogP contribution is -2.60. The highest BCUT2D eigenvalue weighted by Crippen LogP contribution is 2.55. The van der Waals surface area contributed by atoms with E-state index < -0.39 is 0 Å². The standard InChI is InChI=1S/C10H18O5P2/c11-4-9-2-1-3-10(6-12-16-13-7-10)8(9)15-17-14-5-9/h8,11,16-17H,1-7H2/t8?,9-/m0/s1. The second kappa shape index (κ2) is 4.97. The van der Waals surface area contributed by atoms with Crippen LogP contribution in [0.4, 0.5) is 0 Å². The normalized spacial score (nSPS) is 49.6. The molecule has 2 heterocycles. The van der Waals surface area contributed by atoms with Gasteiger partial charge in [0, 0.05) is 10.8 Å². The molecule has 7 heteroatoms. The smallest absolute Gasteiger partial charge is 0.155 e. The van der Waals surface area contributed by atoms with E-state index in [1.807, 2.05) is 0 Å². The SMILES string of the molecule is OC[C@]12CCCC3(COPOC3)C1OPOC2. The molecule has 2 aliphatic heterocycles. The third kappa shape index (κ3) is 2.06. The number of rotatable bonds is 1. The summed E-state index contributed by atoms with van der Waals surface area (Å²) >= 11 is 0. The molecule has 5 nitrogen and oxygen atoms in total. The van der Waals surface area contributed by atoms with Crippen molar-refractivity contribution in [3.05, 3.63) is 0 Å². The number of aliphatic hydroxyl groups excluding tert-OH is 1. The summed E-state index contributed by atoms with van der Waals surface area (Å²) in [6.07, 6.45) is 3.09. The van der Waals surface area contributed by atoms with Crippen LogP contribution in [0.5, 0.6) is 0 Å². The van der Waals surface area contributed by atoms with E-state index in [1.165, 1.54) is 0 Å². The van der Waals surface area contributed by atoms with Crippen LogP contribution in [-0.2, 0) is 18.1 Å². The minimum atomic E-state index is -0.253. The molecular formula is C10H18O5P2. The second-order valence-corrected chi connectivity index (χ2v) is 6.70. The van der Waals surface area contributed by atoms with Crippen molar-refractivity contribution in [1.82, 2.24) is 0 Å². The predicted molar refractivity (Wildman–Crippen MR) is 65.2 cm³/mol. The zero-order valence-corrected chi connectivity index (χ0v) is 11.6. The Morgan fingerprint density at radius 3 is 2.59 bits per heavy atom. The van der Waals surface area contributed by atoms with Crippen LogP contribution in [0, 0.1) is 10.8 Å². The van der Waals surface area contributed by atoms with Crippen LogP contribution in [0.15, 0.2) is 0 Å². The molecule has 1 aliphatic carbocycles. The van der Waals surface area contributed by atoms with Crippen molar-refractivity contribution in [2.75, 3.05) is 26.4 Å². The monoisotopic (exact) mass is 280 g/mol. The fourth-order valence-corrected chi connectivity index (χ4v) is 5.08. The van der Waals surface area contributed by atoms with Crippen LogP contribution in [0.1, 0.15) is 19.3 Å². The zero-order chi connectivity index (χ0) is 11.8. The molecule has 0 bridgehead atoms. The summed E-state index contributed by atoms with van der Waals surface area (Å²) in [6.45, 7) is 2.08. The quantitative estimate of drug-likeness (QED) is 0.740. The number of hydrogen-bond acceptors (Lipinski definition) is 5. The second-order valence-electron chi connectivity index (χ2n) is 5.27. The lowest BCUT2D eigenvalue weighted by atomic mass is 9.60. The van der Waals surface area contributed by atoms with Gasteiger partial charge in [0.1, 0.15) is 0 Å². The summed E-state index contributed by atoms with van der Waals surface area (Å²) in [5, 5.41) is 9.75. The summed E-state index contributed by atoms with van der Waals surface area (Å²) in [5.41, 5.74) is -0.334. The average Bonchev–Trinajstić information content (AvgIpc) is 2.40. The van der Waals surface area contributed by atoms with Crippen molar-refractivity contribution >= 4 is 18.1 Å². The van der Waals surface area contributed by atoms with Gasteiger partial charge in [-0.15, -0.1) is 0 Å². The maximum atomic E-state index is 9.75. The molecule has 1 N–H and O–H groups in total. The molecule has 2 unspecified atom stereocenters. The van der Waals surface area contributed by atoms with E-state index in [0.29, 0.717) is 19.8 Å². The molecule has 3 rings (SSSR count). The van der Waals surface area contributed by atoms with Gasteiger partial charge in [0.2, 0.25) is 0 Å². The minimum absolute atomic E-state index is 0.00549. The molecule has 0 amide bonds. The van der Waals surface area contributed by atoms with Crippen molar-refractivity contribution in [1.29, 1.82) is 0 Å². The maximum absolute atomic E-state index is 9.75. The Bertz CT molecular complexity index is 274. The van der Waals surface area contributed by atoms with Gasteiger partial charge in [0.15, 0.2) is 18.1 Å². The Balaban J connectivity index is 1.88. The Morgan fingerprint density at radius 1 is 1.06 bits per heavy atom. The molecule has 17 heavy (non-hydrogen) atoms. The van der Waals surface area contributed by atoms with Crippen LogP contribution < -0.4 is 0 Å². The van der Waals surface area contributed by atoms with E-state index in [4.69, 9.17) is 18.1 Å². The Morgan fingerprint density at radius 2 is 1.82 bits per heavy atom. The third-order valence-corrected chi connectivity index (χ3v) is 5.32. The topological polar surface area (TPSA) is 57.2 Å². The Labute approximate surface area is 104 Å². The van der Waals surface area contributed by atoms with E-state index in [1.54, 1.807) is 0 Å². The molecule has 3 fully saturated rings. The fourth-order valence-electron chi connectivity index (χ4n) is 3.29. The average molecular weight is 280 g/mol. The molecule has 2 saturated heterocycles. The molecule has 3 aliphatic rings. The molecular weight excluding hydrogens is 262 g/mol. The Kier molecular flexibility index (Phi) is 3.71. The van der Waals surface area contributed by atoms with Gasteiger partial charge in [-0.25, -0.2) is 0 Å². The molecule has 0 aromatic rings. The highest BCUT2D eigenvalue weighted by atomic mass is 31.1. The first-order valence-electron chi connectivity index (χ1n) is 5.93. The van der Waals surface area contributed by atoms with Gasteiger partial charge in [0.05, 0.1) is 32.5 Å². The minimum Gasteiger partial charge on any atom is -0.396 e. The lowest BCUT2D eigenvalue weighted by Gasteiger charge is -2.55. The van der Waals surface area contributed by atoms with Gasteiger partial charge in [-0.2, -0.15) is 0 Å².